The van der Waals surface area contributed by atoms with E-state index in [9.17, 15) is 14.0 Å². The van der Waals surface area contributed by atoms with Crippen LogP contribution in [0.3, 0.4) is 0 Å². The Labute approximate surface area is 157 Å². The Morgan fingerprint density at radius 3 is 2.67 bits per heavy atom. The van der Waals surface area contributed by atoms with Crippen molar-refractivity contribution in [3.05, 3.63) is 47.6 Å². The first-order chi connectivity index (χ1) is 12.7. The second-order valence-electron chi connectivity index (χ2n) is 6.92. The molecule has 0 atom stereocenters. The summed E-state index contributed by atoms with van der Waals surface area (Å²) in [5, 5.41) is 5.25. The average molecular weight is 377 g/mol. The van der Waals surface area contributed by atoms with Crippen LogP contribution in [0.5, 0.6) is 0 Å². The number of hydrogen-bond acceptors (Lipinski definition) is 5. The van der Waals surface area contributed by atoms with Crippen molar-refractivity contribution in [2.45, 2.75) is 46.4 Å². The van der Waals surface area contributed by atoms with Gasteiger partial charge in [-0.3, -0.25) is 9.78 Å². The van der Waals surface area contributed by atoms with Gasteiger partial charge in [-0.05, 0) is 39.8 Å². The summed E-state index contributed by atoms with van der Waals surface area (Å²) in [6, 6.07) is 2.77. The summed E-state index contributed by atoms with van der Waals surface area (Å²) in [5.41, 5.74) is 0.473. The summed E-state index contributed by atoms with van der Waals surface area (Å²) in [6.07, 6.45) is 2.47. The Hall–Kier alpha value is -2.97. The number of nitrogens with zero attached hydrogens (tertiary/aromatic N) is 3. The normalized spacial score (nSPS) is 11.1. The summed E-state index contributed by atoms with van der Waals surface area (Å²) in [6.45, 7) is 7.83. The molecule has 0 aliphatic carbocycles. The molecule has 2 aromatic heterocycles. The van der Waals surface area contributed by atoms with Crippen molar-refractivity contribution in [2.24, 2.45) is 0 Å². The number of aromatic nitrogens is 3. The monoisotopic (exact) mass is 377 g/mol. The number of imidazole rings is 1. The second-order valence-corrected chi connectivity index (χ2v) is 6.92. The Kier molecular flexibility index (Phi) is 6.49. The van der Waals surface area contributed by atoms with Gasteiger partial charge in [0.1, 0.15) is 17.1 Å². The zero-order chi connectivity index (χ0) is 20.0. The van der Waals surface area contributed by atoms with Crippen molar-refractivity contribution >= 4 is 12.0 Å². The molecule has 0 fully saturated rings. The van der Waals surface area contributed by atoms with Crippen LogP contribution >= 0.6 is 0 Å². The predicted octanol–water partition coefficient (Wildman–Crippen LogP) is 2.18. The first-order valence-corrected chi connectivity index (χ1v) is 8.53. The van der Waals surface area contributed by atoms with E-state index >= 15 is 0 Å². The van der Waals surface area contributed by atoms with Crippen molar-refractivity contribution in [1.29, 1.82) is 0 Å². The molecule has 0 aliphatic heterocycles. The molecule has 0 bridgehead atoms. The number of carbonyl (C=O) groups is 2. The summed E-state index contributed by atoms with van der Waals surface area (Å²) < 4.78 is 20.5. The van der Waals surface area contributed by atoms with Crippen LogP contribution in [0, 0.1) is 12.7 Å². The lowest BCUT2D eigenvalue weighted by Crippen LogP contribution is -2.34. The minimum absolute atomic E-state index is 0.0298. The Morgan fingerprint density at radius 1 is 1.26 bits per heavy atom. The molecule has 0 saturated heterocycles. The Morgan fingerprint density at radius 2 is 2.00 bits per heavy atom. The summed E-state index contributed by atoms with van der Waals surface area (Å²) in [4.78, 5) is 31.9. The van der Waals surface area contributed by atoms with Crippen LogP contribution in [0.4, 0.5) is 9.18 Å². The number of alkyl carbamates (subject to hydrolysis) is 1. The molecular weight excluding hydrogens is 353 g/mol. The van der Waals surface area contributed by atoms with Crippen LogP contribution in [0.2, 0.25) is 0 Å². The largest absolute Gasteiger partial charge is 0.444 e. The SMILES string of the molecule is Cc1c(C(=O)NCc2ncccc2F)ncn1CCNC(=O)OC(C)(C)C. The van der Waals surface area contributed by atoms with Crippen molar-refractivity contribution < 1.29 is 18.7 Å². The molecule has 8 nitrogen and oxygen atoms in total. The molecule has 146 valence electrons. The number of halogens is 1. The molecule has 2 heterocycles. The summed E-state index contributed by atoms with van der Waals surface area (Å²) in [7, 11) is 0. The molecule has 2 aromatic rings. The van der Waals surface area contributed by atoms with Gasteiger partial charge in [-0.2, -0.15) is 0 Å². The molecule has 27 heavy (non-hydrogen) atoms. The first kappa shape index (κ1) is 20.3. The van der Waals surface area contributed by atoms with E-state index in [4.69, 9.17) is 4.74 Å². The van der Waals surface area contributed by atoms with Gasteiger partial charge in [-0.25, -0.2) is 14.2 Å². The summed E-state index contributed by atoms with van der Waals surface area (Å²) >= 11 is 0. The van der Waals surface area contributed by atoms with E-state index in [1.165, 1.54) is 24.7 Å². The maximum Gasteiger partial charge on any atom is 0.407 e. The van der Waals surface area contributed by atoms with Gasteiger partial charge in [0.05, 0.1) is 18.6 Å². The third-order valence-electron chi connectivity index (χ3n) is 3.59. The number of hydrogen-bond donors (Lipinski definition) is 2. The molecule has 2 amide bonds. The number of carbonyl (C=O) groups excluding carboxylic acids is 2. The highest BCUT2D eigenvalue weighted by Crippen LogP contribution is 2.08. The minimum Gasteiger partial charge on any atom is -0.444 e. The lowest BCUT2D eigenvalue weighted by atomic mass is 10.2. The quantitative estimate of drug-likeness (QED) is 0.804. The zero-order valence-electron chi connectivity index (χ0n) is 15.9. The highest BCUT2D eigenvalue weighted by Gasteiger charge is 2.17. The van der Waals surface area contributed by atoms with Crippen molar-refractivity contribution in [2.75, 3.05) is 6.54 Å². The molecule has 2 N–H and O–H groups in total. The topological polar surface area (TPSA) is 98.1 Å². The van der Waals surface area contributed by atoms with Gasteiger partial charge in [-0.15, -0.1) is 0 Å². The fraction of sp³-hybridized carbons (Fsp3) is 0.444. The predicted molar refractivity (Wildman–Crippen MR) is 96.6 cm³/mol. The number of amides is 2. The third kappa shape index (κ3) is 6.05. The van der Waals surface area contributed by atoms with Crippen LogP contribution in [-0.4, -0.2) is 38.7 Å². The molecule has 0 aliphatic rings. The minimum atomic E-state index is -0.562. The van der Waals surface area contributed by atoms with Gasteiger partial charge in [0.25, 0.3) is 5.91 Å². The van der Waals surface area contributed by atoms with E-state index in [0.717, 1.165) is 0 Å². The van der Waals surface area contributed by atoms with E-state index in [2.05, 4.69) is 20.6 Å². The molecule has 0 radical (unpaired) electrons. The molecule has 0 aromatic carbocycles. The van der Waals surface area contributed by atoms with Gasteiger partial charge in [0.15, 0.2) is 0 Å². The Bertz CT molecular complexity index is 814. The van der Waals surface area contributed by atoms with Gasteiger partial charge in [-0.1, -0.05) is 0 Å². The lowest BCUT2D eigenvalue weighted by molar-refractivity contribution is 0.0525. The highest BCUT2D eigenvalue weighted by molar-refractivity contribution is 5.93. The van der Waals surface area contributed by atoms with Gasteiger partial charge in [0, 0.05) is 25.0 Å². The number of pyridine rings is 1. The van der Waals surface area contributed by atoms with E-state index in [0.29, 0.717) is 18.8 Å². The first-order valence-electron chi connectivity index (χ1n) is 8.53. The van der Waals surface area contributed by atoms with Crippen LogP contribution in [0.1, 0.15) is 42.6 Å². The Balaban J connectivity index is 1.87. The fourth-order valence-electron chi connectivity index (χ4n) is 2.28. The van der Waals surface area contributed by atoms with Crippen molar-refractivity contribution in [1.82, 2.24) is 25.2 Å². The molecule has 0 saturated carbocycles. The van der Waals surface area contributed by atoms with Crippen LogP contribution in [-0.2, 0) is 17.8 Å². The molecule has 0 unspecified atom stereocenters. The van der Waals surface area contributed by atoms with Crippen molar-refractivity contribution in [3.63, 3.8) is 0 Å². The van der Waals surface area contributed by atoms with E-state index in [1.54, 1.807) is 32.3 Å². The maximum atomic E-state index is 13.6. The highest BCUT2D eigenvalue weighted by atomic mass is 19.1. The molecule has 0 spiro atoms. The van der Waals surface area contributed by atoms with E-state index in [-0.39, 0.29) is 17.9 Å². The van der Waals surface area contributed by atoms with E-state index in [1.807, 2.05) is 0 Å². The van der Waals surface area contributed by atoms with Gasteiger partial charge < -0.3 is 19.9 Å². The second kappa shape index (κ2) is 8.61. The maximum absolute atomic E-state index is 13.6. The number of ether oxygens (including phenoxy) is 1. The average Bonchev–Trinajstić information content (AvgIpc) is 2.93. The molecule has 9 heteroatoms. The van der Waals surface area contributed by atoms with Crippen LogP contribution < -0.4 is 10.6 Å². The molecular formula is C18H24FN5O3. The lowest BCUT2D eigenvalue weighted by Gasteiger charge is -2.19. The zero-order valence-corrected chi connectivity index (χ0v) is 15.9. The van der Waals surface area contributed by atoms with E-state index < -0.39 is 23.4 Å². The smallest absolute Gasteiger partial charge is 0.407 e. The number of nitrogens with one attached hydrogen (secondary N) is 2. The molecule has 2 rings (SSSR count). The summed E-state index contributed by atoms with van der Waals surface area (Å²) in [5.74, 6) is -0.898. The number of rotatable bonds is 6. The third-order valence-corrected chi connectivity index (χ3v) is 3.59. The van der Waals surface area contributed by atoms with Crippen LogP contribution in [0.25, 0.3) is 0 Å². The fourth-order valence-corrected chi connectivity index (χ4v) is 2.28. The standard InChI is InChI=1S/C18H24FN5O3/c1-12-15(16(25)22-10-14-13(19)6-5-7-20-14)23-11-24(12)9-8-21-17(26)27-18(2,3)4/h5-7,11H,8-10H2,1-4H3,(H,21,26)(H,22,25). The van der Waals surface area contributed by atoms with Crippen molar-refractivity contribution in [3.8, 4) is 0 Å². The van der Waals surface area contributed by atoms with Crippen LogP contribution in [0.15, 0.2) is 24.7 Å². The van der Waals surface area contributed by atoms with Gasteiger partial charge >= 0.3 is 6.09 Å². The van der Waals surface area contributed by atoms with Gasteiger partial charge in [0.2, 0.25) is 0 Å².